The maximum atomic E-state index is 12.6. The average molecular weight is 329 g/mol. The van der Waals surface area contributed by atoms with Gasteiger partial charge < -0.3 is 15.5 Å². The number of piperidine rings is 1. The lowest BCUT2D eigenvalue weighted by Crippen LogP contribution is -2.48. The van der Waals surface area contributed by atoms with Crippen molar-refractivity contribution in [3.8, 4) is 0 Å². The maximum absolute atomic E-state index is 12.6. The number of amides is 2. The molecule has 2 saturated heterocycles. The standard InChI is InChI=1S/C19H27N3O2/c1-3-14-6-4-5-7-17(14)22-12-15(11-18(22)23)19(24)21-16-8-9-20-13(2)10-16/h4-7,13,15-16,20H,3,8-12H2,1-2H3,(H,21,24). The number of nitrogens with zero attached hydrogens (tertiary/aromatic N) is 1. The molecule has 1 aromatic carbocycles. The lowest BCUT2D eigenvalue weighted by molar-refractivity contribution is -0.127. The summed E-state index contributed by atoms with van der Waals surface area (Å²) >= 11 is 0. The monoisotopic (exact) mass is 329 g/mol. The number of hydrogen-bond donors (Lipinski definition) is 2. The molecule has 1 aromatic rings. The smallest absolute Gasteiger partial charge is 0.227 e. The Labute approximate surface area is 143 Å². The van der Waals surface area contributed by atoms with Gasteiger partial charge in [0.1, 0.15) is 0 Å². The summed E-state index contributed by atoms with van der Waals surface area (Å²) in [6.07, 6.45) is 3.10. The second kappa shape index (κ2) is 7.34. The Morgan fingerprint density at radius 2 is 2.17 bits per heavy atom. The van der Waals surface area contributed by atoms with Gasteiger partial charge in [0.15, 0.2) is 0 Å². The summed E-state index contributed by atoms with van der Waals surface area (Å²) in [5, 5.41) is 6.54. The van der Waals surface area contributed by atoms with Gasteiger partial charge >= 0.3 is 0 Å². The van der Waals surface area contributed by atoms with Crippen molar-refractivity contribution < 1.29 is 9.59 Å². The van der Waals surface area contributed by atoms with Crippen LogP contribution in [0.3, 0.4) is 0 Å². The minimum Gasteiger partial charge on any atom is -0.353 e. The van der Waals surface area contributed by atoms with Crippen LogP contribution < -0.4 is 15.5 Å². The molecule has 130 valence electrons. The van der Waals surface area contributed by atoms with Crippen LogP contribution in [0.15, 0.2) is 24.3 Å². The Balaban J connectivity index is 1.65. The molecular formula is C19H27N3O2. The Morgan fingerprint density at radius 3 is 2.92 bits per heavy atom. The number of hydrogen-bond acceptors (Lipinski definition) is 3. The summed E-state index contributed by atoms with van der Waals surface area (Å²) in [6.45, 7) is 5.65. The van der Waals surface area contributed by atoms with Gasteiger partial charge in [-0.2, -0.15) is 0 Å². The van der Waals surface area contributed by atoms with E-state index in [-0.39, 0.29) is 23.8 Å². The quantitative estimate of drug-likeness (QED) is 0.886. The molecule has 2 heterocycles. The molecule has 0 radical (unpaired) electrons. The molecule has 0 aromatic heterocycles. The zero-order chi connectivity index (χ0) is 17.1. The summed E-state index contributed by atoms with van der Waals surface area (Å²) in [7, 11) is 0. The van der Waals surface area contributed by atoms with Crippen LogP contribution in [0.25, 0.3) is 0 Å². The van der Waals surface area contributed by atoms with E-state index in [1.807, 2.05) is 24.3 Å². The average Bonchev–Trinajstić information content (AvgIpc) is 2.96. The summed E-state index contributed by atoms with van der Waals surface area (Å²) in [6, 6.07) is 8.62. The molecule has 0 saturated carbocycles. The molecular weight excluding hydrogens is 302 g/mol. The second-order valence-corrected chi connectivity index (χ2v) is 6.97. The van der Waals surface area contributed by atoms with Crippen LogP contribution in [0.2, 0.25) is 0 Å². The number of para-hydroxylation sites is 1. The third-order valence-electron chi connectivity index (χ3n) is 5.13. The van der Waals surface area contributed by atoms with Crippen LogP contribution in [-0.2, 0) is 16.0 Å². The summed E-state index contributed by atoms with van der Waals surface area (Å²) in [5.74, 6) is -0.165. The molecule has 2 fully saturated rings. The van der Waals surface area contributed by atoms with Gasteiger partial charge in [0.2, 0.25) is 11.8 Å². The van der Waals surface area contributed by atoms with Crippen LogP contribution in [0.4, 0.5) is 5.69 Å². The lowest BCUT2D eigenvalue weighted by Gasteiger charge is -2.29. The zero-order valence-corrected chi connectivity index (χ0v) is 14.5. The van der Waals surface area contributed by atoms with Gasteiger partial charge in [-0.1, -0.05) is 25.1 Å². The Bertz CT molecular complexity index is 616. The van der Waals surface area contributed by atoms with Crippen molar-refractivity contribution in [2.45, 2.75) is 51.6 Å². The van der Waals surface area contributed by atoms with Crippen molar-refractivity contribution in [3.63, 3.8) is 0 Å². The fourth-order valence-electron chi connectivity index (χ4n) is 3.77. The molecule has 5 nitrogen and oxygen atoms in total. The summed E-state index contributed by atoms with van der Waals surface area (Å²) in [4.78, 5) is 26.8. The number of nitrogens with one attached hydrogen (secondary N) is 2. The van der Waals surface area contributed by atoms with Gasteiger partial charge in [0.05, 0.1) is 5.92 Å². The lowest BCUT2D eigenvalue weighted by atomic mass is 9.99. The number of carbonyl (C=O) groups is 2. The molecule has 3 unspecified atom stereocenters. The molecule has 24 heavy (non-hydrogen) atoms. The van der Waals surface area contributed by atoms with Crippen molar-refractivity contribution in [3.05, 3.63) is 29.8 Å². The highest BCUT2D eigenvalue weighted by atomic mass is 16.2. The maximum Gasteiger partial charge on any atom is 0.227 e. The molecule has 2 aliphatic heterocycles. The summed E-state index contributed by atoms with van der Waals surface area (Å²) in [5.41, 5.74) is 2.11. The molecule has 0 spiro atoms. The number of anilines is 1. The van der Waals surface area contributed by atoms with Crippen LogP contribution in [-0.4, -0.2) is 37.0 Å². The molecule has 3 rings (SSSR count). The molecule has 2 aliphatic rings. The van der Waals surface area contributed by atoms with E-state index in [1.54, 1.807) is 4.90 Å². The van der Waals surface area contributed by atoms with E-state index in [2.05, 4.69) is 24.5 Å². The fourth-order valence-corrected chi connectivity index (χ4v) is 3.77. The van der Waals surface area contributed by atoms with Crippen molar-refractivity contribution in [1.82, 2.24) is 10.6 Å². The van der Waals surface area contributed by atoms with Crippen molar-refractivity contribution in [2.24, 2.45) is 5.92 Å². The van der Waals surface area contributed by atoms with Gasteiger partial charge in [-0.3, -0.25) is 9.59 Å². The fraction of sp³-hybridized carbons (Fsp3) is 0.579. The van der Waals surface area contributed by atoms with Crippen molar-refractivity contribution >= 4 is 17.5 Å². The number of rotatable bonds is 4. The first kappa shape index (κ1) is 17.0. The van der Waals surface area contributed by atoms with E-state index in [4.69, 9.17) is 0 Å². The molecule has 0 bridgehead atoms. The van der Waals surface area contributed by atoms with Crippen LogP contribution in [0, 0.1) is 5.92 Å². The van der Waals surface area contributed by atoms with Crippen LogP contribution >= 0.6 is 0 Å². The van der Waals surface area contributed by atoms with E-state index >= 15 is 0 Å². The first-order valence-corrected chi connectivity index (χ1v) is 9.00. The Kier molecular flexibility index (Phi) is 5.19. The molecule has 3 atom stereocenters. The number of benzene rings is 1. The van der Waals surface area contributed by atoms with Crippen LogP contribution in [0.5, 0.6) is 0 Å². The van der Waals surface area contributed by atoms with Crippen molar-refractivity contribution in [2.75, 3.05) is 18.0 Å². The van der Waals surface area contributed by atoms with E-state index in [1.165, 1.54) is 0 Å². The highest BCUT2D eigenvalue weighted by molar-refractivity contribution is 6.00. The van der Waals surface area contributed by atoms with Gasteiger partial charge in [-0.25, -0.2) is 0 Å². The SMILES string of the molecule is CCc1ccccc1N1CC(C(=O)NC2CCNC(C)C2)CC1=O. The topological polar surface area (TPSA) is 61.4 Å². The minimum absolute atomic E-state index is 0.0268. The Morgan fingerprint density at radius 1 is 1.38 bits per heavy atom. The third kappa shape index (κ3) is 3.61. The van der Waals surface area contributed by atoms with E-state index in [9.17, 15) is 9.59 Å². The normalized spacial score (nSPS) is 27.3. The van der Waals surface area contributed by atoms with Crippen molar-refractivity contribution in [1.29, 1.82) is 0 Å². The van der Waals surface area contributed by atoms with Gasteiger partial charge in [-0.05, 0) is 44.4 Å². The molecule has 2 amide bonds. The predicted molar refractivity (Wildman–Crippen MR) is 94.9 cm³/mol. The molecule has 5 heteroatoms. The molecule has 2 N–H and O–H groups in total. The zero-order valence-electron chi connectivity index (χ0n) is 14.5. The highest BCUT2D eigenvalue weighted by Gasteiger charge is 2.36. The van der Waals surface area contributed by atoms with Crippen LogP contribution in [0.1, 0.15) is 38.7 Å². The third-order valence-corrected chi connectivity index (χ3v) is 5.13. The first-order chi connectivity index (χ1) is 11.6. The van der Waals surface area contributed by atoms with Gasteiger partial charge in [-0.15, -0.1) is 0 Å². The Hall–Kier alpha value is -1.88. The van der Waals surface area contributed by atoms with Gasteiger partial charge in [0.25, 0.3) is 0 Å². The minimum atomic E-state index is -0.243. The number of carbonyl (C=O) groups excluding carboxylic acids is 2. The van der Waals surface area contributed by atoms with E-state index in [0.717, 1.165) is 37.1 Å². The second-order valence-electron chi connectivity index (χ2n) is 6.97. The molecule has 0 aliphatic carbocycles. The predicted octanol–water partition coefficient (Wildman–Crippen LogP) is 1.86. The largest absolute Gasteiger partial charge is 0.353 e. The van der Waals surface area contributed by atoms with E-state index in [0.29, 0.717) is 19.0 Å². The highest BCUT2D eigenvalue weighted by Crippen LogP contribution is 2.28. The number of aryl methyl sites for hydroxylation is 1. The summed E-state index contributed by atoms with van der Waals surface area (Å²) < 4.78 is 0. The van der Waals surface area contributed by atoms with Gasteiger partial charge in [0, 0.05) is 30.7 Å². The first-order valence-electron chi connectivity index (χ1n) is 9.00. The van der Waals surface area contributed by atoms with E-state index < -0.39 is 0 Å².